The first kappa shape index (κ1) is 20.2. The maximum absolute atomic E-state index is 13.3. The highest BCUT2D eigenvalue weighted by Gasteiger charge is 2.26. The summed E-state index contributed by atoms with van der Waals surface area (Å²) in [5, 5.41) is 14.7. The van der Waals surface area contributed by atoms with E-state index in [2.05, 4.69) is 15.6 Å². The molecule has 156 valence electrons. The number of urea groups is 1. The van der Waals surface area contributed by atoms with Gasteiger partial charge in [0.15, 0.2) is 0 Å². The van der Waals surface area contributed by atoms with Crippen molar-refractivity contribution in [1.82, 2.24) is 14.5 Å². The van der Waals surface area contributed by atoms with Gasteiger partial charge in [-0.3, -0.25) is 9.36 Å². The topological polar surface area (TPSA) is 103 Å². The van der Waals surface area contributed by atoms with Gasteiger partial charge in [0.25, 0.3) is 5.56 Å². The van der Waals surface area contributed by atoms with Crippen molar-refractivity contribution in [3.63, 3.8) is 0 Å². The molecule has 2 amide bonds. The van der Waals surface area contributed by atoms with Gasteiger partial charge >= 0.3 is 6.03 Å². The minimum atomic E-state index is -0.290. The van der Waals surface area contributed by atoms with Crippen LogP contribution >= 0.6 is 0 Å². The van der Waals surface area contributed by atoms with Crippen LogP contribution in [-0.2, 0) is 19.5 Å². The Hall–Kier alpha value is -4.12. The van der Waals surface area contributed by atoms with E-state index in [1.807, 2.05) is 36.4 Å². The molecule has 2 aromatic carbocycles. The van der Waals surface area contributed by atoms with Crippen molar-refractivity contribution in [2.45, 2.75) is 19.5 Å². The number of nitriles is 1. The second kappa shape index (κ2) is 8.71. The summed E-state index contributed by atoms with van der Waals surface area (Å²) in [6.45, 7) is 1.06. The molecule has 1 aliphatic rings. The number of amides is 2. The number of carbonyl (C=O) groups is 1. The number of hydrogen-bond acceptors (Lipinski definition) is 5. The van der Waals surface area contributed by atoms with Crippen LogP contribution in [0, 0.1) is 11.3 Å². The van der Waals surface area contributed by atoms with Crippen molar-refractivity contribution in [2.75, 3.05) is 24.2 Å². The van der Waals surface area contributed by atoms with E-state index >= 15 is 0 Å². The first-order valence-electron chi connectivity index (χ1n) is 9.99. The summed E-state index contributed by atoms with van der Waals surface area (Å²) < 4.78 is 1.61. The number of hydrogen-bond donors (Lipinski definition) is 2. The molecule has 1 aliphatic heterocycles. The van der Waals surface area contributed by atoms with Gasteiger partial charge in [0.05, 0.1) is 36.0 Å². The van der Waals surface area contributed by atoms with Gasteiger partial charge in [-0.2, -0.15) is 5.26 Å². The summed E-state index contributed by atoms with van der Waals surface area (Å²) in [6.07, 6.45) is 0.506. The van der Waals surface area contributed by atoms with Gasteiger partial charge in [0.2, 0.25) is 5.95 Å². The maximum Gasteiger partial charge on any atom is 0.322 e. The number of fused-ring (bicyclic) bond motifs is 1. The van der Waals surface area contributed by atoms with Gasteiger partial charge < -0.3 is 15.5 Å². The zero-order chi connectivity index (χ0) is 21.8. The average Bonchev–Trinajstić information content (AvgIpc) is 2.81. The van der Waals surface area contributed by atoms with Crippen LogP contribution in [0.3, 0.4) is 0 Å². The Morgan fingerprint density at radius 2 is 1.90 bits per heavy atom. The van der Waals surface area contributed by atoms with E-state index in [4.69, 9.17) is 5.26 Å². The van der Waals surface area contributed by atoms with Crippen LogP contribution in [0.25, 0.3) is 0 Å². The van der Waals surface area contributed by atoms with Gasteiger partial charge in [-0.05, 0) is 29.8 Å². The molecule has 0 saturated heterocycles. The zero-order valence-electron chi connectivity index (χ0n) is 17.1. The highest BCUT2D eigenvalue weighted by Crippen LogP contribution is 2.19. The quantitative estimate of drug-likeness (QED) is 0.683. The third-order valence-corrected chi connectivity index (χ3v) is 5.28. The summed E-state index contributed by atoms with van der Waals surface area (Å²) in [5.41, 5.74) is 3.23. The van der Waals surface area contributed by atoms with Gasteiger partial charge in [0, 0.05) is 25.7 Å². The van der Waals surface area contributed by atoms with Crippen LogP contribution in [0.4, 0.5) is 16.4 Å². The predicted molar refractivity (Wildman–Crippen MR) is 118 cm³/mol. The second-order valence-electron chi connectivity index (χ2n) is 7.28. The van der Waals surface area contributed by atoms with Crippen LogP contribution in [0.15, 0.2) is 59.4 Å². The number of carbonyl (C=O) groups excluding carboxylic acids is 1. The van der Waals surface area contributed by atoms with Crippen LogP contribution in [-0.4, -0.2) is 34.1 Å². The smallest absolute Gasteiger partial charge is 0.322 e. The molecule has 0 bridgehead atoms. The Labute approximate surface area is 179 Å². The van der Waals surface area contributed by atoms with Crippen molar-refractivity contribution in [3.05, 3.63) is 87.3 Å². The van der Waals surface area contributed by atoms with Gasteiger partial charge in [-0.25, -0.2) is 9.78 Å². The normalized spacial score (nSPS) is 12.6. The molecule has 0 saturated carbocycles. The highest BCUT2D eigenvalue weighted by atomic mass is 16.2. The first-order chi connectivity index (χ1) is 15.1. The van der Waals surface area contributed by atoms with E-state index in [0.29, 0.717) is 42.3 Å². The molecule has 4 rings (SSSR count). The van der Waals surface area contributed by atoms with E-state index < -0.39 is 0 Å². The van der Waals surface area contributed by atoms with Gasteiger partial charge in [-0.15, -0.1) is 0 Å². The molecule has 0 unspecified atom stereocenters. The van der Waals surface area contributed by atoms with Crippen molar-refractivity contribution < 1.29 is 4.79 Å². The fourth-order valence-electron chi connectivity index (χ4n) is 3.62. The second-order valence-corrected chi connectivity index (χ2v) is 7.28. The fraction of sp³-hybridized carbons (Fsp3) is 0.217. The lowest BCUT2D eigenvalue weighted by molar-refractivity contribution is 0.205. The number of aromatic nitrogens is 2. The van der Waals surface area contributed by atoms with E-state index in [-0.39, 0.29) is 18.1 Å². The molecule has 31 heavy (non-hydrogen) atoms. The van der Waals surface area contributed by atoms with E-state index in [1.165, 1.54) is 0 Å². The Bertz CT molecular complexity index is 1200. The zero-order valence-corrected chi connectivity index (χ0v) is 17.1. The fourth-order valence-corrected chi connectivity index (χ4v) is 3.62. The summed E-state index contributed by atoms with van der Waals surface area (Å²) >= 11 is 0. The summed E-state index contributed by atoms with van der Waals surface area (Å²) in [4.78, 5) is 32.3. The number of nitrogens with one attached hydrogen (secondary N) is 2. The van der Waals surface area contributed by atoms with Crippen LogP contribution in [0.5, 0.6) is 0 Å². The number of nitrogens with zero attached hydrogens (tertiary/aromatic N) is 4. The number of anilines is 2. The minimum Gasteiger partial charge on any atom is -0.359 e. The van der Waals surface area contributed by atoms with Crippen molar-refractivity contribution >= 4 is 17.7 Å². The van der Waals surface area contributed by atoms with Crippen LogP contribution < -0.4 is 16.2 Å². The molecule has 2 heterocycles. The summed E-state index contributed by atoms with van der Waals surface area (Å²) in [7, 11) is 1.75. The van der Waals surface area contributed by atoms with E-state index in [1.54, 1.807) is 40.8 Å². The molecule has 1 aromatic heterocycles. The van der Waals surface area contributed by atoms with E-state index in [9.17, 15) is 9.59 Å². The molecule has 8 nitrogen and oxygen atoms in total. The summed E-state index contributed by atoms with van der Waals surface area (Å²) in [6, 6.07) is 18.1. The monoisotopic (exact) mass is 414 g/mol. The van der Waals surface area contributed by atoms with Crippen molar-refractivity contribution in [3.8, 4) is 6.07 Å². The van der Waals surface area contributed by atoms with Crippen LogP contribution in [0.1, 0.15) is 22.4 Å². The lowest BCUT2D eigenvalue weighted by Crippen LogP contribution is -2.43. The molecule has 0 spiro atoms. The number of benzene rings is 2. The largest absolute Gasteiger partial charge is 0.359 e. The van der Waals surface area contributed by atoms with Crippen molar-refractivity contribution in [1.29, 1.82) is 5.26 Å². The average molecular weight is 414 g/mol. The molecular formula is C23H22N6O2. The lowest BCUT2D eigenvalue weighted by Gasteiger charge is -2.29. The molecular weight excluding hydrogens is 392 g/mol. The SMILES string of the molecule is CNc1nc2c(c(=O)n1Cc1ccccc1)CN(C(=O)Nc1ccc(C#N)cc1)CC2. The standard InChI is InChI=1S/C23H22N6O2/c1-25-22-27-20-11-12-28(23(31)26-18-9-7-16(13-24)8-10-18)15-19(20)21(30)29(22)14-17-5-3-2-4-6-17/h2-10H,11-12,14-15H2,1H3,(H,25,27)(H,26,31). The molecule has 8 heteroatoms. The molecule has 0 atom stereocenters. The molecule has 0 fully saturated rings. The Morgan fingerprint density at radius 3 is 2.58 bits per heavy atom. The van der Waals surface area contributed by atoms with E-state index in [0.717, 1.165) is 11.3 Å². The minimum absolute atomic E-state index is 0.144. The molecule has 3 aromatic rings. The third-order valence-electron chi connectivity index (χ3n) is 5.28. The molecule has 2 N–H and O–H groups in total. The Morgan fingerprint density at radius 1 is 1.16 bits per heavy atom. The first-order valence-corrected chi connectivity index (χ1v) is 9.99. The highest BCUT2D eigenvalue weighted by molar-refractivity contribution is 5.89. The summed E-state index contributed by atoms with van der Waals surface area (Å²) in [5.74, 6) is 0.517. The Kier molecular flexibility index (Phi) is 5.67. The van der Waals surface area contributed by atoms with Gasteiger partial charge in [0.1, 0.15) is 0 Å². The van der Waals surface area contributed by atoms with Crippen LogP contribution in [0.2, 0.25) is 0 Å². The van der Waals surface area contributed by atoms with Crippen molar-refractivity contribution in [2.24, 2.45) is 0 Å². The predicted octanol–water partition coefficient (Wildman–Crippen LogP) is 2.80. The molecule has 0 radical (unpaired) electrons. The lowest BCUT2D eigenvalue weighted by atomic mass is 10.1. The number of rotatable bonds is 4. The Balaban J connectivity index is 1.57. The molecule has 0 aliphatic carbocycles. The third kappa shape index (κ3) is 4.26. The maximum atomic E-state index is 13.3. The van der Waals surface area contributed by atoms with Gasteiger partial charge in [-0.1, -0.05) is 30.3 Å².